The average molecular weight is 242 g/mol. The molecule has 0 saturated carbocycles. The van der Waals surface area contributed by atoms with E-state index in [1.165, 1.54) is 16.5 Å². The van der Waals surface area contributed by atoms with Crippen LogP contribution in [0.5, 0.6) is 0 Å². The first kappa shape index (κ1) is 12.3. The molecular weight excluding hydrogens is 228 g/mol. The van der Waals surface area contributed by atoms with Crippen molar-refractivity contribution in [2.45, 2.75) is 13.5 Å². The van der Waals surface area contributed by atoms with Gasteiger partial charge in [-0.25, -0.2) is 0 Å². The number of allylic oxidation sites excluding steroid dienone is 1. The predicted molar refractivity (Wildman–Crippen MR) is 67.9 cm³/mol. The standard InChI is InChI=1S/C10H14N2OS2/c1-9-4-2-6-12(9)7-3-5-10(13)11-8-15-14/h2-6,14H,7-8H2,1H3,(H,11,13)/b5-3+. The van der Waals surface area contributed by atoms with Gasteiger partial charge in [-0.3, -0.25) is 4.79 Å². The van der Waals surface area contributed by atoms with Gasteiger partial charge in [0.2, 0.25) is 5.91 Å². The number of nitrogens with zero attached hydrogens (tertiary/aromatic N) is 1. The van der Waals surface area contributed by atoms with Gasteiger partial charge < -0.3 is 9.88 Å². The fraction of sp³-hybridized carbons (Fsp3) is 0.300. The zero-order valence-corrected chi connectivity index (χ0v) is 10.2. The van der Waals surface area contributed by atoms with E-state index in [1.807, 2.05) is 31.3 Å². The largest absolute Gasteiger partial charge is 0.348 e. The summed E-state index contributed by atoms with van der Waals surface area (Å²) < 4.78 is 2.07. The average Bonchev–Trinajstić information content (AvgIpc) is 2.61. The molecule has 1 N–H and O–H groups in total. The Balaban J connectivity index is 2.33. The van der Waals surface area contributed by atoms with Crippen molar-refractivity contribution in [1.82, 2.24) is 9.88 Å². The molecule has 0 aromatic carbocycles. The van der Waals surface area contributed by atoms with Crippen LogP contribution in [0.3, 0.4) is 0 Å². The van der Waals surface area contributed by atoms with Gasteiger partial charge in [0.25, 0.3) is 0 Å². The van der Waals surface area contributed by atoms with E-state index in [4.69, 9.17) is 0 Å². The highest BCUT2D eigenvalue weighted by atomic mass is 33.1. The summed E-state index contributed by atoms with van der Waals surface area (Å²) in [6, 6.07) is 4.02. The number of thiol groups is 1. The highest BCUT2D eigenvalue weighted by molar-refractivity contribution is 8.68. The lowest BCUT2D eigenvalue weighted by Crippen LogP contribution is -2.19. The summed E-state index contributed by atoms with van der Waals surface area (Å²) in [5.74, 6) is 0.441. The van der Waals surface area contributed by atoms with Crippen LogP contribution in [0.1, 0.15) is 5.69 Å². The maximum atomic E-state index is 11.2. The molecule has 15 heavy (non-hydrogen) atoms. The first-order valence-corrected chi connectivity index (χ1v) is 6.60. The van der Waals surface area contributed by atoms with Crippen LogP contribution >= 0.6 is 22.5 Å². The van der Waals surface area contributed by atoms with Crippen LogP contribution in [-0.4, -0.2) is 16.4 Å². The minimum absolute atomic E-state index is 0.0821. The lowest BCUT2D eigenvalue weighted by Gasteiger charge is -2.01. The van der Waals surface area contributed by atoms with Crippen LogP contribution in [0, 0.1) is 6.92 Å². The van der Waals surface area contributed by atoms with Gasteiger partial charge in [-0.15, -0.1) is 11.7 Å². The monoisotopic (exact) mass is 242 g/mol. The maximum absolute atomic E-state index is 11.2. The molecule has 1 aromatic heterocycles. The zero-order chi connectivity index (χ0) is 11.1. The fourth-order valence-corrected chi connectivity index (χ4v) is 1.54. The number of carbonyl (C=O) groups excluding carboxylic acids is 1. The quantitative estimate of drug-likeness (QED) is 0.358. The van der Waals surface area contributed by atoms with Gasteiger partial charge in [-0.2, -0.15) is 0 Å². The number of hydrogen-bond donors (Lipinski definition) is 2. The third-order valence-corrected chi connectivity index (χ3v) is 2.60. The Morgan fingerprint density at radius 1 is 1.73 bits per heavy atom. The van der Waals surface area contributed by atoms with Crippen LogP contribution in [-0.2, 0) is 11.3 Å². The Morgan fingerprint density at radius 2 is 2.53 bits per heavy atom. The smallest absolute Gasteiger partial charge is 0.244 e. The molecule has 0 saturated heterocycles. The van der Waals surface area contributed by atoms with E-state index >= 15 is 0 Å². The summed E-state index contributed by atoms with van der Waals surface area (Å²) in [6.45, 7) is 2.76. The van der Waals surface area contributed by atoms with Gasteiger partial charge >= 0.3 is 0 Å². The molecular formula is C10H14N2OS2. The first-order valence-electron chi connectivity index (χ1n) is 4.56. The molecule has 0 bridgehead atoms. The topological polar surface area (TPSA) is 34.0 Å². The molecule has 1 aromatic rings. The molecule has 5 heteroatoms. The number of nitrogens with one attached hydrogen (secondary N) is 1. The number of aryl methyl sites for hydroxylation is 1. The van der Waals surface area contributed by atoms with Gasteiger partial charge in [0.15, 0.2) is 0 Å². The van der Waals surface area contributed by atoms with E-state index in [1.54, 1.807) is 6.08 Å². The molecule has 0 aliphatic heterocycles. The van der Waals surface area contributed by atoms with Crippen molar-refractivity contribution in [2.75, 3.05) is 5.88 Å². The van der Waals surface area contributed by atoms with E-state index in [0.29, 0.717) is 5.88 Å². The van der Waals surface area contributed by atoms with Crippen molar-refractivity contribution >= 4 is 28.4 Å². The van der Waals surface area contributed by atoms with Gasteiger partial charge in [0.1, 0.15) is 0 Å². The Labute approximate surface area is 98.7 Å². The molecule has 0 spiro atoms. The van der Waals surface area contributed by atoms with Gasteiger partial charge in [-0.05, 0) is 19.1 Å². The summed E-state index contributed by atoms with van der Waals surface area (Å²) in [7, 11) is 1.29. The Morgan fingerprint density at radius 3 is 3.13 bits per heavy atom. The van der Waals surface area contributed by atoms with E-state index < -0.39 is 0 Å². The van der Waals surface area contributed by atoms with E-state index in [9.17, 15) is 4.79 Å². The predicted octanol–water partition coefficient (Wildman–Crippen LogP) is 2.00. The Hall–Kier alpha value is -0.810. The Kier molecular flexibility index (Phi) is 5.42. The third-order valence-electron chi connectivity index (χ3n) is 1.94. The minimum atomic E-state index is -0.0821. The molecule has 3 nitrogen and oxygen atoms in total. The van der Waals surface area contributed by atoms with Crippen LogP contribution in [0.15, 0.2) is 30.5 Å². The van der Waals surface area contributed by atoms with Gasteiger partial charge in [-0.1, -0.05) is 16.9 Å². The Bertz CT molecular complexity index is 347. The van der Waals surface area contributed by atoms with Crippen LogP contribution in [0.4, 0.5) is 0 Å². The second kappa shape index (κ2) is 6.63. The summed E-state index contributed by atoms with van der Waals surface area (Å²) in [5.41, 5.74) is 1.19. The second-order valence-corrected chi connectivity index (χ2v) is 4.34. The fourth-order valence-electron chi connectivity index (χ4n) is 1.14. The number of rotatable bonds is 5. The van der Waals surface area contributed by atoms with Crippen molar-refractivity contribution in [2.24, 2.45) is 0 Å². The lowest BCUT2D eigenvalue weighted by atomic mass is 10.4. The summed E-state index contributed by atoms with van der Waals surface area (Å²) >= 11 is 3.92. The summed E-state index contributed by atoms with van der Waals surface area (Å²) in [6.07, 6.45) is 5.37. The molecule has 0 fully saturated rings. The van der Waals surface area contributed by atoms with E-state index in [2.05, 4.69) is 21.5 Å². The van der Waals surface area contributed by atoms with Gasteiger partial charge in [0.05, 0.1) is 5.88 Å². The zero-order valence-electron chi connectivity index (χ0n) is 8.51. The molecule has 1 heterocycles. The van der Waals surface area contributed by atoms with E-state index in [-0.39, 0.29) is 5.91 Å². The van der Waals surface area contributed by atoms with E-state index in [0.717, 1.165) is 6.54 Å². The first-order chi connectivity index (χ1) is 7.24. The number of amides is 1. The molecule has 0 aliphatic rings. The second-order valence-electron chi connectivity index (χ2n) is 3.02. The maximum Gasteiger partial charge on any atom is 0.244 e. The third kappa shape index (κ3) is 4.48. The molecule has 0 aliphatic carbocycles. The summed E-state index contributed by atoms with van der Waals surface area (Å²) in [5, 5.41) is 2.68. The molecule has 1 rings (SSSR count). The van der Waals surface area contributed by atoms with Crippen molar-refractivity contribution in [3.63, 3.8) is 0 Å². The van der Waals surface area contributed by atoms with Crippen LogP contribution < -0.4 is 5.32 Å². The minimum Gasteiger partial charge on any atom is -0.348 e. The molecule has 0 radical (unpaired) electrons. The molecule has 0 unspecified atom stereocenters. The van der Waals surface area contributed by atoms with Crippen molar-refractivity contribution in [1.29, 1.82) is 0 Å². The molecule has 82 valence electrons. The van der Waals surface area contributed by atoms with Crippen LogP contribution in [0.25, 0.3) is 0 Å². The van der Waals surface area contributed by atoms with Crippen molar-refractivity contribution in [3.8, 4) is 0 Å². The van der Waals surface area contributed by atoms with Crippen molar-refractivity contribution in [3.05, 3.63) is 36.2 Å². The highest BCUT2D eigenvalue weighted by Crippen LogP contribution is 2.01. The normalized spacial score (nSPS) is 10.8. The molecule has 1 amide bonds. The number of hydrogen-bond acceptors (Lipinski definition) is 3. The lowest BCUT2D eigenvalue weighted by molar-refractivity contribution is -0.116. The number of carbonyl (C=O) groups is 1. The SMILES string of the molecule is Cc1cccn1C/C=C/C(=O)NCSS. The van der Waals surface area contributed by atoms with Gasteiger partial charge in [0, 0.05) is 24.5 Å². The van der Waals surface area contributed by atoms with Crippen LogP contribution in [0.2, 0.25) is 0 Å². The molecule has 0 atom stereocenters. The number of aromatic nitrogens is 1. The highest BCUT2D eigenvalue weighted by Gasteiger charge is 1.94. The summed E-state index contributed by atoms with van der Waals surface area (Å²) in [4.78, 5) is 11.2. The van der Waals surface area contributed by atoms with Crippen molar-refractivity contribution < 1.29 is 4.79 Å².